The number of amides is 2. The SMILES string of the molecule is CO[C@@H]1CN(c2cc(NC(=O)Cn3cc(-c4cc(Cl)c(O)c(C(N)=O)c4)c4c(=O)n(C)c(C)nc43)c(Cl)cn2)C[C@@H]1F. The Hall–Kier alpha value is -4.20. The molecule has 2 amide bonds. The Balaban J connectivity index is 1.51. The van der Waals surface area contributed by atoms with Crippen LogP contribution in [0.1, 0.15) is 16.2 Å². The van der Waals surface area contributed by atoms with Crippen LogP contribution in [0.15, 0.2) is 35.4 Å². The van der Waals surface area contributed by atoms with Crippen molar-refractivity contribution in [3.63, 3.8) is 0 Å². The van der Waals surface area contributed by atoms with E-state index in [0.29, 0.717) is 22.8 Å². The second-order valence-electron chi connectivity index (χ2n) is 9.88. The van der Waals surface area contributed by atoms with E-state index in [9.17, 15) is 23.9 Å². The van der Waals surface area contributed by atoms with Crippen LogP contribution >= 0.6 is 23.2 Å². The normalized spacial score (nSPS) is 16.8. The highest BCUT2D eigenvalue weighted by Crippen LogP contribution is 2.36. The van der Waals surface area contributed by atoms with Crippen LogP contribution in [0, 0.1) is 6.92 Å². The minimum absolute atomic E-state index is 0.0807. The molecule has 0 spiro atoms. The zero-order valence-electron chi connectivity index (χ0n) is 22.7. The van der Waals surface area contributed by atoms with Gasteiger partial charge in [0.05, 0.1) is 39.4 Å². The number of phenols is 1. The summed E-state index contributed by atoms with van der Waals surface area (Å²) in [4.78, 5) is 49.0. The molecule has 3 aromatic heterocycles. The van der Waals surface area contributed by atoms with E-state index in [0.717, 1.165) is 0 Å². The van der Waals surface area contributed by atoms with E-state index < -0.39 is 35.4 Å². The molecule has 4 N–H and O–H groups in total. The molecule has 1 aliphatic rings. The molecule has 0 radical (unpaired) electrons. The maximum Gasteiger partial charge on any atom is 0.263 e. The van der Waals surface area contributed by atoms with Crippen molar-refractivity contribution in [2.45, 2.75) is 25.7 Å². The molecule has 2 atom stereocenters. The van der Waals surface area contributed by atoms with Crippen molar-refractivity contribution >= 4 is 57.6 Å². The third-order valence-electron chi connectivity index (χ3n) is 7.22. The molecule has 1 saturated heterocycles. The lowest BCUT2D eigenvalue weighted by molar-refractivity contribution is -0.116. The lowest BCUT2D eigenvalue weighted by atomic mass is 10.0. The third kappa shape index (κ3) is 5.26. The maximum atomic E-state index is 14.2. The summed E-state index contributed by atoms with van der Waals surface area (Å²) < 4.78 is 22.2. The molecule has 42 heavy (non-hydrogen) atoms. The number of aryl methyl sites for hydroxylation is 1. The standard InChI is InChI=1S/C27H26Cl2FN7O5/c1-12-33-26-23(27(41)35(12)2)15(13-4-14(25(31)40)24(39)16(28)5-13)8-37(26)11-22(38)34-19-6-21(32-7-17(19)29)36-9-18(30)20(10-36)42-3/h4-8,18,20,39H,9-11H2,1-3H3,(H2,31,40)(H,32,34,38)/t18-,20+/m0/s1. The van der Waals surface area contributed by atoms with Crippen LogP contribution in [0.4, 0.5) is 15.9 Å². The molecule has 1 fully saturated rings. The largest absolute Gasteiger partial charge is 0.506 e. The molecular formula is C27H26Cl2FN7O5. The van der Waals surface area contributed by atoms with E-state index in [2.05, 4.69) is 15.3 Å². The summed E-state index contributed by atoms with van der Waals surface area (Å²) in [6.45, 7) is 1.74. The Morgan fingerprint density at radius 1 is 1.24 bits per heavy atom. The average Bonchev–Trinajstić information content (AvgIpc) is 3.49. The fourth-order valence-corrected chi connectivity index (χ4v) is 5.26. The molecule has 0 unspecified atom stereocenters. The van der Waals surface area contributed by atoms with Gasteiger partial charge in [-0.25, -0.2) is 14.4 Å². The van der Waals surface area contributed by atoms with Crippen molar-refractivity contribution < 1.29 is 23.8 Å². The molecule has 0 bridgehead atoms. The molecule has 5 rings (SSSR count). The lowest BCUT2D eigenvalue weighted by Crippen LogP contribution is -2.24. The Labute approximate surface area is 248 Å². The number of aromatic nitrogens is 4. The predicted molar refractivity (Wildman–Crippen MR) is 156 cm³/mol. The first-order valence-electron chi connectivity index (χ1n) is 12.7. The first-order valence-corrected chi connectivity index (χ1v) is 13.4. The Morgan fingerprint density at radius 3 is 2.64 bits per heavy atom. The number of hydrogen-bond acceptors (Lipinski definition) is 8. The van der Waals surface area contributed by atoms with Gasteiger partial charge in [-0.15, -0.1) is 0 Å². The zero-order chi connectivity index (χ0) is 30.5. The number of anilines is 2. The number of nitrogens with zero attached hydrogens (tertiary/aromatic N) is 5. The lowest BCUT2D eigenvalue weighted by Gasteiger charge is -2.18. The number of rotatable bonds is 7. The summed E-state index contributed by atoms with van der Waals surface area (Å²) in [5, 5.41) is 13.1. The summed E-state index contributed by atoms with van der Waals surface area (Å²) in [5.74, 6) is -1.09. The van der Waals surface area contributed by atoms with Gasteiger partial charge in [-0.3, -0.25) is 19.0 Å². The predicted octanol–water partition coefficient (Wildman–Crippen LogP) is 3.03. The smallest absolute Gasteiger partial charge is 0.263 e. The van der Waals surface area contributed by atoms with Gasteiger partial charge in [-0.1, -0.05) is 23.2 Å². The van der Waals surface area contributed by atoms with Crippen molar-refractivity contribution in [2.75, 3.05) is 30.4 Å². The van der Waals surface area contributed by atoms with E-state index in [1.807, 2.05) is 0 Å². The fraction of sp³-hybridized carbons (Fsp3) is 0.296. The number of ether oxygens (including phenoxy) is 1. The van der Waals surface area contributed by atoms with Crippen LogP contribution in [0.5, 0.6) is 5.75 Å². The van der Waals surface area contributed by atoms with Gasteiger partial charge in [0, 0.05) is 38.5 Å². The number of halogens is 3. The molecule has 4 heterocycles. The first-order chi connectivity index (χ1) is 19.9. The van der Waals surface area contributed by atoms with E-state index in [1.54, 1.807) is 24.9 Å². The van der Waals surface area contributed by atoms with E-state index in [4.69, 9.17) is 33.7 Å². The van der Waals surface area contributed by atoms with Crippen LogP contribution in [-0.2, 0) is 23.1 Å². The number of fused-ring (bicyclic) bond motifs is 1. The quantitative estimate of drug-likeness (QED) is 0.285. The zero-order valence-corrected chi connectivity index (χ0v) is 24.2. The minimum Gasteiger partial charge on any atom is -0.506 e. The third-order valence-corrected chi connectivity index (χ3v) is 7.80. The van der Waals surface area contributed by atoms with Crippen LogP contribution in [0.2, 0.25) is 10.0 Å². The number of aromatic hydroxyl groups is 1. The summed E-state index contributed by atoms with van der Waals surface area (Å²) in [6, 6.07) is 4.25. The number of nitrogens with one attached hydrogen (secondary N) is 1. The van der Waals surface area contributed by atoms with Gasteiger partial charge in [0.25, 0.3) is 11.5 Å². The minimum atomic E-state index is -1.19. The van der Waals surface area contributed by atoms with Crippen molar-refractivity contribution in [3.05, 3.63) is 62.4 Å². The molecular weight excluding hydrogens is 592 g/mol. The first kappa shape index (κ1) is 29.3. The van der Waals surface area contributed by atoms with Crippen molar-refractivity contribution in [1.82, 2.24) is 19.1 Å². The Bertz CT molecular complexity index is 1810. The second-order valence-corrected chi connectivity index (χ2v) is 10.7. The summed E-state index contributed by atoms with van der Waals surface area (Å²) in [5.41, 5.74) is 5.88. The fourth-order valence-electron chi connectivity index (χ4n) is 4.89. The van der Waals surface area contributed by atoms with Gasteiger partial charge >= 0.3 is 0 Å². The van der Waals surface area contributed by atoms with Crippen LogP contribution in [-0.4, -0.2) is 68.5 Å². The topological polar surface area (TPSA) is 158 Å². The highest BCUT2D eigenvalue weighted by Gasteiger charge is 2.34. The van der Waals surface area contributed by atoms with Crippen LogP contribution in [0.3, 0.4) is 0 Å². The number of hydrogen-bond donors (Lipinski definition) is 3. The van der Waals surface area contributed by atoms with E-state index >= 15 is 0 Å². The van der Waals surface area contributed by atoms with Gasteiger partial charge in [0.2, 0.25) is 5.91 Å². The molecule has 1 aliphatic heterocycles. The number of pyridine rings is 1. The van der Waals surface area contributed by atoms with Crippen molar-refractivity contribution in [1.29, 1.82) is 0 Å². The highest BCUT2D eigenvalue weighted by molar-refractivity contribution is 6.34. The second kappa shape index (κ2) is 11.2. The monoisotopic (exact) mass is 617 g/mol. The number of methoxy groups -OCH3 is 1. The van der Waals surface area contributed by atoms with E-state index in [1.165, 1.54) is 40.8 Å². The van der Waals surface area contributed by atoms with Gasteiger partial charge in [0.1, 0.15) is 41.9 Å². The number of carbonyl (C=O) groups excluding carboxylic acids is 2. The van der Waals surface area contributed by atoms with Crippen LogP contribution in [0.25, 0.3) is 22.2 Å². The van der Waals surface area contributed by atoms with Gasteiger partial charge in [0.15, 0.2) is 0 Å². The summed E-state index contributed by atoms with van der Waals surface area (Å²) in [6.07, 6.45) is 1.11. The molecule has 0 saturated carbocycles. The van der Waals surface area contributed by atoms with E-state index in [-0.39, 0.29) is 52.0 Å². The average molecular weight is 618 g/mol. The highest BCUT2D eigenvalue weighted by atomic mass is 35.5. The maximum absolute atomic E-state index is 14.2. The number of benzene rings is 1. The molecule has 4 aromatic rings. The van der Waals surface area contributed by atoms with Gasteiger partial charge < -0.3 is 30.4 Å². The number of primary amides is 1. The molecule has 12 nitrogen and oxygen atoms in total. The number of nitrogens with two attached hydrogens (primary N) is 1. The molecule has 1 aromatic carbocycles. The van der Waals surface area contributed by atoms with Crippen molar-refractivity contribution in [3.8, 4) is 16.9 Å². The Kier molecular flexibility index (Phi) is 7.84. The van der Waals surface area contributed by atoms with Crippen LogP contribution < -0.4 is 21.5 Å². The molecule has 15 heteroatoms. The Morgan fingerprint density at radius 2 is 1.98 bits per heavy atom. The molecule has 0 aliphatic carbocycles. The van der Waals surface area contributed by atoms with Crippen molar-refractivity contribution in [2.24, 2.45) is 12.8 Å². The number of carbonyl (C=O) groups is 2. The summed E-state index contributed by atoms with van der Waals surface area (Å²) in [7, 11) is 3.00. The number of alkyl halides is 1. The van der Waals surface area contributed by atoms with Gasteiger partial charge in [-0.05, 0) is 24.6 Å². The van der Waals surface area contributed by atoms with Gasteiger partial charge in [-0.2, -0.15) is 0 Å². The molecule has 220 valence electrons. The summed E-state index contributed by atoms with van der Waals surface area (Å²) >= 11 is 12.5.